The highest BCUT2D eigenvalue weighted by atomic mass is 16.2. The van der Waals surface area contributed by atoms with Crippen LogP contribution in [0.1, 0.15) is 61.2 Å². The Kier molecular flexibility index (Phi) is 5.87. The first kappa shape index (κ1) is 17.7. The molecule has 0 saturated carbocycles. The van der Waals surface area contributed by atoms with Crippen LogP contribution in [0.3, 0.4) is 0 Å². The van der Waals surface area contributed by atoms with Gasteiger partial charge in [0.1, 0.15) is 5.69 Å². The van der Waals surface area contributed by atoms with E-state index in [2.05, 4.69) is 41.7 Å². The molecule has 1 aliphatic rings. The zero-order valence-electron chi connectivity index (χ0n) is 15.1. The van der Waals surface area contributed by atoms with E-state index in [-0.39, 0.29) is 11.9 Å². The van der Waals surface area contributed by atoms with Gasteiger partial charge in [-0.1, -0.05) is 44.2 Å². The van der Waals surface area contributed by atoms with Crippen molar-refractivity contribution in [2.75, 3.05) is 13.1 Å². The molecule has 2 unspecified atom stereocenters. The maximum atomic E-state index is 12.7. The number of aromatic nitrogens is 2. The van der Waals surface area contributed by atoms with Crippen LogP contribution in [0.2, 0.25) is 0 Å². The molecule has 2 heterocycles. The smallest absolute Gasteiger partial charge is 0.272 e. The minimum atomic E-state index is -0.1000. The Bertz CT molecular complexity index is 674. The maximum Gasteiger partial charge on any atom is 0.272 e. The quantitative estimate of drug-likeness (QED) is 0.848. The third-order valence-electron chi connectivity index (χ3n) is 4.70. The van der Waals surface area contributed by atoms with Crippen LogP contribution in [0.25, 0.3) is 0 Å². The summed E-state index contributed by atoms with van der Waals surface area (Å²) in [7, 11) is 0. The second-order valence-corrected chi connectivity index (χ2v) is 7.25. The van der Waals surface area contributed by atoms with Gasteiger partial charge in [0.25, 0.3) is 5.91 Å². The molecule has 2 atom stereocenters. The van der Waals surface area contributed by atoms with Crippen molar-refractivity contribution in [1.29, 1.82) is 0 Å². The zero-order chi connectivity index (χ0) is 17.6. The predicted octanol–water partition coefficient (Wildman–Crippen LogP) is 3.32. The van der Waals surface area contributed by atoms with Crippen LogP contribution in [-0.2, 0) is 0 Å². The van der Waals surface area contributed by atoms with Crippen LogP contribution in [0, 0.1) is 5.92 Å². The van der Waals surface area contributed by atoms with Gasteiger partial charge in [0.05, 0.1) is 12.1 Å². The standard InChI is InChI=1S/C20H28N4O/c1-15(2)13-19(16-7-4-3-5-8-16)22-20(25)18-10-12-24(23-18)17-9-6-11-21-14-17/h3-5,7-8,10,12,15,17,19,21H,6,9,11,13-14H2,1-2H3,(H,22,25). The molecular weight excluding hydrogens is 312 g/mol. The SMILES string of the molecule is CC(C)CC(NC(=O)c1ccn(C2CCCNC2)n1)c1ccccc1. The first-order chi connectivity index (χ1) is 12.1. The van der Waals surface area contributed by atoms with E-state index in [1.54, 1.807) is 0 Å². The number of rotatable bonds is 6. The van der Waals surface area contributed by atoms with Gasteiger partial charge in [-0.2, -0.15) is 5.10 Å². The molecule has 2 N–H and O–H groups in total. The van der Waals surface area contributed by atoms with Gasteiger partial charge in [-0.25, -0.2) is 0 Å². The molecule has 1 aliphatic heterocycles. The Hall–Kier alpha value is -2.14. The van der Waals surface area contributed by atoms with E-state index in [4.69, 9.17) is 0 Å². The number of amides is 1. The second-order valence-electron chi connectivity index (χ2n) is 7.25. The number of hydrogen-bond donors (Lipinski definition) is 2. The molecule has 134 valence electrons. The molecule has 1 amide bonds. The lowest BCUT2D eigenvalue weighted by molar-refractivity contribution is 0.0925. The molecule has 1 saturated heterocycles. The number of nitrogens with zero attached hydrogens (tertiary/aromatic N) is 2. The van der Waals surface area contributed by atoms with Gasteiger partial charge >= 0.3 is 0 Å². The molecule has 0 radical (unpaired) electrons. The minimum absolute atomic E-state index is 0.00944. The first-order valence-electron chi connectivity index (χ1n) is 9.25. The average molecular weight is 340 g/mol. The fraction of sp³-hybridized carbons (Fsp3) is 0.500. The van der Waals surface area contributed by atoms with Crippen molar-refractivity contribution in [2.45, 2.75) is 45.2 Å². The van der Waals surface area contributed by atoms with Crippen molar-refractivity contribution in [3.63, 3.8) is 0 Å². The largest absolute Gasteiger partial charge is 0.344 e. The zero-order valence-corrected chi connectivity index (χ0v) is 15.1. The molecule has 3 rings (SSSR count). The lowest BCUT2D eigenvalue weighted by Crippen LogP contribution is -2.32. The summed E-state index contributed by atoms with van der Waals surface area (Å²) in [4.78, 5) is 12.7. The molecule has 0 bridgehead atoms. The van der Waals surface area contributed by atoms with Crippen LogP contribution in [-0.4, -0.2) is 28.8 Å². The van der Waals surface area contributed by atoms with Crippen molar-refractivity contribution < 1.29 is 4.79 Å². The fourth-order valence-electron chi connectivity index (χ4n) is 3.39. The third kappa shape index (κ3) is 4.69. The van der Waals surface area contributed by atoms with Gasteiger partial charge in [-0.05, 0) is 43.4 Å². The molecule has 5 heteroatoms. The Labute approximate surface area is 149 Å². The van der Waals surface area contributed by atoms with Crippen LogP contribution in [0.4, 0.5) is 0 Å². The Morgan fingerprint density at radius 2 is 2.12 bits per heavy atom. The number of benzene rings is 1. The summed E-state index contributed by atoms with van der Waals surface area (Å²) in [6.45, 7) is 6.33. The van der Waals surface area contributed by atoms with Crippen LogP contribution in [0.15, 0.2) is 42.6 Å². The van der Waals surface area contributed by atoms with Crippen molar-refractivity contribution in [3.05, 3.63) is 53.9 Å². The first-order valence-corrected chi connectivity index (χ1v) is 9.25. The van der Waals surface area contributed by atoms with Crippen LogP contribution < -0.4 is 10.6 Å². The Morgan fingerprint density at radius 3 is 2.80 bits per heavy atom. The second kappa shape index (κ2) is 8.30. The summed E-state index contributed by atoms with van der Waals surface area (Å²) in [6.07, 6.45) is 5.09. The van der Waals surface area contributed by atoms with E-state index >= 15 is 0 Å². The van der Waals surface area contributed by atoms with E-state index in [1.165, 1.54) is 0 Å². The number of carbonyl (C=O) groups is 1. The molecule has 1 aromatic heterocycles. The van der Waals surface area contributed by atoms with E-state index in [0.29, 0.717) is 17.7 Å². The summed E-state index contributed by atoms with van der Waals surface area (Å²) in [6, 6.07) is 12.3. The molecule has 5 nitrogen and oxygen atoms in total. The normalized spacial score (nSPS) is 18.9. The predicted molar refractivity (Wildman–Crippen MR) is 99.5 cm³/mol. The number of nitrogens with one attached hydrogen (secondary N) is 2. The number of piperidine rings is 1. The van der Waals surface area contributed by atoms with Crippen molar-refractivity contribution in [3.8, 4) is 0 Å². The molecule has 25 heavy (non-hydrogen) atoms. The Balaban J connectivity index is 1.69. The third-order valence-corrected chi connectivity index (χ3v) is 4.70. The highest BCUT2D eigenvalue weighted by Gasteiger charge is 2.21. The highest BCUT2D eigenvalue weighted by molar-refractivity contribution is 5.92. The number of hydrogen-bond acceptors (Lipinski definition) is 3. The summed E-state index contributed by atoms with van der Waals surface area (Å²) < 4.78 is 1.93. The lowest BCUT2D eigenvalue weighted by Gasteiger charge is -2.23. The van der Waals surface area contributed by atoms with Crippen LogP contribution in [0.5, 0.6) is 0 Å². The average Bonchev–Trinajstić information content (AvgIpc) is 3.12. The Morgan fingerprint density at radius 1 is 1.32 bits per heavy atom. The van der Waals surface area contributed by atoms with Gasteiger partial charge in [-0.15, -0.1) is 0 Å². The van der Waals surface area contributed by atoms with Crippen molar-refractivity contribution in [2.24, 2.45) is 5.92 Å². The minimum Gasteiger partial charge on any atom is -0.344 e. The lowest BCUT2D eigenvalue weighted by atomic mass is 9.97. The monoisotopic (exact) mass is 340 g/mol. The van der Waals surface area contributed by atoms with Gasteiger partial charge in [0.15, 0.2) is 0 Å². The topological polar surface area (TPSA) is 59.0 Å². The van der Waals surface area contributed by atoms with Gasteiger partial charge in [0, 0.05) is 12.7 Å². The summed E-state index contributed by atoms with van der Waals surface area (Å²) >= 11 is 0. The maximum absolute atomic E-state index is 12.7. The molecule has 2 aromatic rings. The van der Waals surface area contributed by atoms with E-state index < -0.39 is 0 Å². The molecular formula is C20H28N4O. The van der Waals surface area contributed by atoms with E-state index in [1.807, 2.05) is 35.1 Å². The molecule has 1 fully saturated rings. The molecule has 0 spiro atoms. The van der Waals surface area contributed by atoms with Gasteiger partial charge in [0.2, 0.25) is 0 Å². The summed E-state index contributed by atoms with van der Waals surface area (Å²) in [5, 5.41) is 11.1. The van der Waals surface area contributed by atoms with Crippen LogP contribution >= 0.6 is 0 Å². The van der Waals surface area contributed by atoms with E-state index in [9.17, 15) is 4.79 Å². The molecule has 1 aromatic carbocycles. The van der Waals surface area contributed by atoms with Gasteiger partial charge in [-0.3, -0.25) is 9.48 Å². The summed E-state index contributed by atoms with van der Waals surface area (Å²) in [5.74, 6) is 0.397. The van der Waals surface area contributed by atoms with Crippen molar-refractivity contribution >= 4 is 5.91 Å². The van der Waals surface area contributed by atoms with E-state index in [0.717, 1.165) is 37.9 Å². The van der Waals surface area contributed by atoms with Crippen molar-refractivity contribution in [1.82, 2.24) is 20.4 Å². The fourth-order valence-corrected chi connectivity index (χ4v) is 3.39. The van der Waals surface area contributed by atoms with Gasteiger partial charge < -0.3 is 10.6 Å². The molecule has 0 aliphatic carbocycles. The summed E-state index contributed by atoms with van der Waals surface area (Å²) in [5.41, 5.74) is 1.63. The number of carbonyl (C=O) groups excluding carboxylic acids is 1. The highest BCUT2D eigenvalue weighted by Crippen LogP contribution is 2.22.